The Balaban J connectivity index is 2.40. The van der Waals surface area contributed by atoms with E-state index in [4.69, 9.17) is 5.11 Å². The summed E-state index contributed by atoms with van der Waals surface area (Å²) in [5.41, 5.74) is 0.353. The fraction of sp³-hybridized carbons (Fsp3) is 0.556. The molecule has 0 unspecified atom stereocenters. The van der Waals surface area contributed by atoms with Gasteiger partial charge >= 0.3 is 12.1 Å². The lowest BCUT2D eigenvalue weighted by Crippen LogP contribution is -2.35. The van der Waals surface area contributed by atoms with E-state index in [1.54, 1.807) is 5.32 Å². The molecule has 0 aliphatic carbocycles. The van der Waals surface area contributed by atoms with Crippen molar-refractivity contribution in [3.8, 4) is 0 Å². The third-order valence-corrected chi connectivity index (χ3v) is 1.97. The molecular formula is C9H11F3N4O3. The van der Waals surface area contributed by atoms with Gasteiger partial charge in [0.15, 0.2) is 0 Å². The molecule has 0 aliphatic heterocycles. The van der Waals surface area contributed by atoms with Gasteiger partial charge in [-0.25, -0.2) is 4.68 Å². The predicted octanol–water partition coefficient (Wildman–Crippen LogP) is -0.0262. The van der Waals surface area contributed by atoms with E-state index in [0.717, 1.165) is 4.68 Å². The lowest BCUT2D eigenvalue weighted by atomic mass is 10.2. The minimum atomic E-state index is -4.47. The standard InChI is InChI=1S/C9H11F3N4O3/c10-9(11,12)5-13-7(17)4-16-3-6(14-15-16)1-2-8(18)19/h3H,1-2,4-5H2,(H,13,17)(H,18,19). The summed E-state index contributed by atoms with van der Waals surface area (Å²) in [6.07, 6.45) is -3.15. The van der Waals surface area contributed by atoms with E-state index in [0.29, 0.717) is 5.69 Å². The summed E-state index contributed by atoms with van der Waals surface area (Å²) in [4.78, 5) is 21.5. The Morgan fingerprint density at radius 3 is 2.68 bits per heavy atom. The van der Waals surface area contributed by atoms with E-state index >= 15 is 0 Å². The highest BCUT2D eigenvalue weighted by Crippen LogP contribution is 2.12. The molecule has 10 heteroatoms. The Labute approximate surface area is 105 Å². The van der Waals surface area contributed by atoms with Gasteiger partial charge in [0.1, 0.15) is 13.1 Å². The third-order valence-electron chi connectivity index (χ3n) is 1.97. The van der Waals surface area contributed by atoms with Gasteiger partial charge < -0.3 is 10.4 Å². The number of carboxylic acids is 1. The molecule has 0 radical (unpaired) electrons. The van der Waals surface area contributed by atoms with Crippen LogP contribution in [0.4, 0.5) is 13.2 Å². The van der Waals surface area contributed by atoms with Crippen LogP contribution in [0, 0.1) is 0 Å². The average molecular weight is 280 g/mol. The molecule has 2 N–H and O–H groups in total. The van der Waals surface area contributed by atoms with Crippen LogP contribution >= 0.6 is 0 Å². The molecule has 0 atom stereocenters. The van der Waals surface area contributed by atoms with Crippen molar-refractivity contribution < 1.29 is 27.9 Å². The van der Waals surface area contributed by atoms with Crippen LogP contribution in [0.3, 0.4) is 0 Å². The SMILES string of the molecule is O=C(O)CCc1cn(CC(=O)NCC(F)(F)F)nn1. The highest BCUT2D eigenvalue weighted by Gasteiger charge is 2.27. The summed E-state index contributed by atoms with van der Waals surface area (Å²) >= 11 is 0. The number of carboxylic acid groups (broad SMARTS) is 1. The smallest absolute Gasteiger partial charge is 0.405 e. The Morgan fingerprint density at radius 1 is 1.42 bits per heavy atom. The van der Waals surface area contributed by atoms with Crippen LogP contribution < -0.4 is 5.32 Å². The van der Waals surface area contributed by atoms with E-state index in [-0.39, 0.29) is 12.8 Å². The van der Waals surface area contributed by atoms with E-state index < -0.39 is 31.1 Å². The third kappa shape index (κ3) is 6.38. The monoisotopic (exact) mass is 280 g/mol. The zero-order chi connectivity index (χ0) is 14.5. The maximum absolute atomic E-state index is 11.8. The molecule has 19 heavy (non-hydrogen) atoms. The number of halogens is 3. The maximum Gasteiger partial charge on any atom is 0.405 e. The summed E-state index contributed by atoms with van der Waals surface area (Å²) in [5.74, 6) is -1.86. The second kappa shape index (κ2) is 6.16. The second-order valence-corrected chi connectivity index (χ2v) is 3.69. The number of rotatable bonds is 6. The topological polar surface area (TPSA) is 97.1 Å². The second-order valence-electron chi connectivity index (χ2n) is 3.69. The van der Waals surface area contributed by atoms with Crippen LogP contribution in [0.2, 0.25) is 0 Å². The normalized spacial score (nSPS) is 11.3. The molecule has 0 saturated carbocycles. The molecule has 1 aromatic rings. The molecule has 1 rings (SSSR count). The lowest BCUT2D eigenvalue weighted by molar-refractivity contribution is -0.138. The molecule has 0 aromatic carbocycles. The Kier molecular flexibility index (Phi) is 4.84. The fourth-order valence-corrected chi connectivity index (χ4v) is 1.17. The zero-order valence-electron chi connectivity index (χ0n) is 9.65. The minimum absolute atomic E-state index is 0.138. The van der Waals surface area contributed by atoms with Crippen molar-refractivity contribution in [3.63, 3.8) is 0 Å². The quantitative estimate of drug-likeness (QED) is 0.763. The highest BCUT2D eigenvalue weighted by molar-refractivity contribution is 5.75. The van der Waals surface area contributed by atoms with Crippen LogP contribution in [-0.4, -0.2) is 44.7 Å². The molecule has 1 heterocycles. The Hall–Kier alpha value is -2.13. The van der Waals surface area contributed by atoms with Crippen LogP contribution in [0.15, 0.2) is 6.20 Å². The molecule has 0 spiro atoms. The van der Waals surface area contributed by atoms with Crippen molar-refractivity contribution in [1.82, 2.24) is 20.3 Å². The van der Waals surface area contributed by atoms with Crippen molar-refractivity contribution in [2.75, 3.05) is 6.54 Å². The first kappa shape index (κ1) is 14.9. The molecule has 106 valence electrons. The number of aromatic nitrogens is 3. The number of hydrogen-bond donors (Lipinski definition) is 2. The van der Waals surface area contributed by atoms with Gasteiger partial charge in [0.25, 0.3) is 0 Å². The average Bonchev–Trinajstić information content (AvgIpc) is 2.70. The summed E-state index contributed by atoms with van der Waals surface area (Å²) in [7, 11) is 0. The number of alkyl halides is 3. The number of hydrogen-bond acceptors (Lipinski definition) is 4. The first-order chi connectivity index (χ1) is 8.76. The number of carbonyl (C=O) groups excluding carboxylic acids is 1. The summed E-state index contributed by atoms with van der Waals surface area (Å²) in [6.45, 7) is -1.82. The van der Waals surface area contributed by atoms with Gasteiger partial charge in [-0.05, 0) is 0 Å². The van der Waals surface area contributed by atoms with Gasteiger partial charge in [0, 0.05) is 12.6 Å². The van der Waals surface area contributed by atoms with Gasteiger partial charge in [-0.1, -0.05) is 5.21 Å². The fourth-order valence-electron chi connectivity index (χ4n) is 1.17. The molecule has 0 saturated heterocycles. The van der Waals surface area contributed by atoms with E-state index in [2.05, 4.69) is 10.3 Å². The molecule has 7 nitrogen and oxygen atoms in total. The van der Waals surface area contributed by atoms with E-state index in [1.807, 2.05) is 0 Å². The largest absolute Gasteiger partial charge is 0.481 e. The Bertz CT molecular complexity index is 458. The molecule has 1 aromatic heterocycles. The zero-order valence-corrected chi connectivity index (χ0v) is 9.65. The molecule has 1 amide bonds. The van der Waals surface area contributed by atoms with Gasteiger partial charge in [0.2, 0.25) is 5.91 Å². The number of nitrogens with one attached hydrogen (secondary N) is 1. The Morgan fingerprint density at radius 2 is 2.11 bits per heavy atom. The number of aliphatic carboxylic acids is 1. The van der Waals surface area contributed by atoms with Crippen molar-refractivity contribution in [2.45, 2.75) is 25.6 Å². The van der Waals surface area contributed by atoms with Crippen molar-refractivity contribution >= 4 is 11.9 Å². The van der Waals surface area contributed by atoms with Crippen LogP contribution in [0.5, 0.6) is 0 Å². The summed E-state index contributed by atoms with van der Waals surface area (Å²) < 4.78 is 36.5. The lowest BCUT2D eigenvalue weighted by Gasteiger charge is -2.07. The van der Waals surface area contributed by atoms with Crippen LogP contribution in [-0.2, 0) is 22.6 Å². The van der Waals surface area contributed by atoms with E-state index in [1.165, 1.54) is 6.20 Å². The van der Waals surface area contributed by atoms with Gasteiger partial charge in [0.05, 0.1) is 12.1 Å². The first-order valence-corrected chi connectivity index (χ1v) is 5.20. The highest BCUT2D eigenvalue weighted by atomic mass is 19.4. The number of carbonyl (C=O) groups is 2. The minimum Gasteiger partial charge on any atom is -0.481 e. The molecule has 0 bridgehead atoms. The van der Waals surface area contributed by atoms with Crippen LogP contribution in [0.25, 0.3) is 0 Å². The number of amides is 1. The molecule has 0 aliphatic rings. The van der Waals surface area contributed by atoms with Gasteiger partial charge in [-0.2, -0.15) is 13.2 Å². The van der Waals surface area contributed by atoms with E-state index in [9.17, 15) is 22.8 Å². The van der Waals surface area contributed by atoms with Crippen molar-refractivity contribution in [2.24, 2.45) is 0 Å². The molecule has 0 fully saturated rings. The maximum atomic E-state index is 11.8. The number of aryl methyl sites for hydroxylation is 1. The number of nitrogens with zero attached hydrogens (tertiary/aromatic N) is 3. The predicted molar refractivity (Wildman–Crippen MR) is 55.0 cm³/mol. The van der Waals surface area contributed by atoms with Crippen molar-refractivity contribution in [3.05, 3.63) is 11.9 Å². The summed E-state index contributed by atoms with van der Waals surface area (Å²) in [5, 5.41) is 17.2. The van der Waals surface area contributed by atoms with Gasteiger partial charge in [-0.15, -0.1) is 5.10 Å². The molecular weight excluding hydrogens is 269 g/mol. The van der Waals surface area contributed by atoms with Crippen LogP contribution in [0.1, 0.15) is 12.1 Å². The summed E-state index contributed by atoms with van der Waals surface area (Å²) in [6, 6.07) is 0. The van der Waals surface area contributed by atoms with Crippen molar-refractivity contribution in [1.29, 1.82) is 0 Å². The first-order valence-electron chi connectivity index (χ1n) is 5.20. The van der Waals surface area contributed by atoms with Gasteiger partial charge in [-0.3, -0.25) is 9.59 Å².